The first-order valence-electron chi connectivity index (χ1n) is 9.26. The van der Waals surface area contributed by atoms with E-state index in [0.717, 1.165) is 30.8 Å². The van der Waals surface area contributed by atoms with E-state index < -0.39 is 0 Å². The van der Waals surface area contributed by atoms with Crippen LogP contribution in [0.25, 0.3) is 0 Å². The van der Waals surface area contributed by atoms with Gasteiger partial charge in [-0.15, -0.1) is 0 Å². The van der Waals surface area contributed by atoms with Crippen LogP contribution in [0.1, 0.15) is 55.3 Å². The van der Waals surface area contributed by atoms with Crippen molar-refractivity contribution in [1.82, 2.24) is 15.2 Å². The minimum Gasteiger partial charge on any atom is -0.352 e. The van der Waals surface area contributed by atoms with Crippen LogP contribution in [0, 0.1) is 19.8 Å². The van der Waals surface area contributed by atoms with Crippen molar-refractivity contribution < 1.29 is 4.79 Å². The molecule has 1 amide bonds. The molecule has 1 aliphatic carbocycles. The zero-order chi connectivity index (χ0) is 17.1. The lowest BCUT2D eigenvalue weighted by Gasteiger charge is -2.30. The zero-order valence-corrected chi connectivity index (χ0v) is 14.9. The van der Waals surface area contributed by atoms with Gasteiger partial charge in [0, 0.05) is 30.4 Å². The third kappa shape index (κ3) is 3.89. The quantitative estimate of drug-likeness (QED) is 0.889. The third-order valence-electron chi connectivity index (χ3n) is 5.61. The van der Waals surface area contributed by atoms with E-state index in [0.29, 0.717) is 18.2 Å². The summed E-state index contributed by atoms with van der Waals surface area (Å²) >= 11 is 0. The van der Waals surface area contributed by atoms with E-state index in [1.165, 1.54) is 32.1 Å². The Labute approximate surface area is 143 Å². The molecule has 132 valence electrons. The molecule has 1 aromatic heterocycles. The summed E-state index contributed by atoms with van der Waals surface area (Å²) in [6.45, 7) is 6.02. The molecule has 1 aliphatic heterocycles. The summed E-state index contributed by atoms with van der Waals surface area (Å²) in [6, 6.07) is 2.63. The van der Waals surface area contributed by atoms with Gasteiger partial charge in [0.05, 0.1) is 5.92 Å². The maximum absolute atomic E-state index is 12.5. The average molecular weight is 331 g/mol. The van der Waals surface area contributed by atoms with E-state index in [-0.39, 0.29) is 17.4 Å². The number of rotatable bonds is 4. The Hall–Kier alpha value is -1.62. The Morgan fingerprint density at radius 2 is 2.00 bits per heavy atom. The first-order chi connectivity index (χ1) is 11.5. The summed E-state index contributed by atoms with van der Waals surface area (Å²) in [5.74, 6) is 0.157. The van der Waals surface area contributed by atoms with Gasteiger partial charge < -0.3 is 10.3 Å². The number of aryl methyl sites for hydroxylation is 2. The number of aromatic nitrogens is 1. The summed E-state index contributed by atoms with van der Waals surface area (Å²) < 4.78 is 0. The van der Waals surface area contributed by atoms with E-state index in [2.05, 4.69) is 15.2 Å². The van der Waals surface area contributed by atoms with Gasteiger partial charge in [0.2, 0.25) is 5.91 Å². The number of H-pyrrole nitrogens is 1. The SMILES string of the molecule is Cc1cc(C)c(CNC(=O)[C@@H]2CCN(C3CCCCC3)C2)c(=O)[nH]1. The highest BCUT2D eigenvalue weighted by atomic mass is 16.2. The lowest BCUT2D eigenvalue weighted by Crippen LogP contribution is -2.38. The molecule has 0 unspecified atom stereocenters. The number of likely N-dealkylation sites (tertiary alicyclic amines) is 1. The van der Waals surface area contributed by atoms with Crippen molar-refractivity contribution in [2.75, 3.05) is 13.1 Å². The fourth-order valence-electron chi connectivity index (χ4n) is 4.20. The van der Waals surface area contributed by atoms with Gasteiger partial charge in [-0.3, -0.25) is 14.5 Å². The lowest BCUT2D eigenvalue weighted by molar-refractivity contribution is -0.124. The number of hydrogen-bond donors (Lipinski definition) is 2. The van der Waals surface area contributed by atoms with Gasteiger partial charge in [-0.05, 0) is 51.3 Å². The topological polar surface area (TPSA) is 65.2 Å². The van der Waals surface area contributed by atoms with E-state index >= 15 is 0 Å². The largest absolute Gasteiger partial charge is 0.352 e. The van der Waals surface area contributed by atoms with Crippen molar-refractivity contribution in [3.8, 4) is 0 Å². The van der Waals surface area contributed by atoms with Gasteiger partial charge in [0.1, 0.15) is 0 Å². The minimum absolute atomic E-state index is 0.0664. The number of aromatic amines is 1. The molecule has 2 aliphatic rings. The summed E-state index contributed by atoms with van der Waals surface area (Å²) in [4.78, 5) is 29.8. The molecule has 0 aromatic carbocycles. The first kappa shape index (κ1) is 17.2. The van der Waals surface area contributed by atoms with Crippen LogP contribution < -0.4 is 10.9 Å². The fourth-order valence-corrected chi connectivity index (χ4v) is 4.20. The maximum atomic E-state index is 12.5. The number of nitrogens with zero attached hydrogens (tertiary/aromatic N) is 1. The minimum atomic E-state index is -0.0944. The molecule has 5 nitrogen and oxygen atoms in total. The Balaban J connectivity index is 1.54. The molecule has 2 N–H and O–H groups in total. The number of nitrogens with one attached hydrogen (secondary N) is 2. The lowest BCUT2D eigenvalue weighted by atomic mass is 9.94. The molecule has 1 aromatic rings. The normalized spacial score (nSPS) is 22.7. The smallest absolute Gasteiger partial charge is 0.253 e. The van der Waals surface area contributed by atoms with Crippen molar-refractivity contribution >= 4 is 5.91 Å². The highest BCUT2D eigenvalue weighted by molar-refractivity contribution is 5.79. The van der Waals surface area contributed by atoms with Crippen molar-refractivity contribution in [1.29, 1.82) is 0 Å². The van der Waals surface area contributed by atoms with E-state index in [4.69, 9.17) is 0 Å². The second kappa shape index (κ2) is 7.51. The van der Waals surface area contributed by atoms with Gasteiger partial charge in [-0.2, -0.15) is 0 Å². The van der Waals surface area contributed by atoms with Gasteiger partial charge in [-0.25, -0.2) is 0 Å². The number of carbonyl (C=O) groups is 1. The van der Waals surface area contributed by atoms with Gasteiger partial charge >= 0.3 is 0 Å². The summed E-state index contributed by atoms with van der Waals surface area (Å²) in [5, 5.41) is 2.98. The summed E-state index contributed by atoms with van der Waals surface area (Å²) in [6.07, 6.45) is 7.52. The molecular weight excluding hydrogens is 302 g/mol. The monoisotopic (exact) mass is 331 g/mol. The highest BCUT2D eigenvalue weighted by Crippen LogP contribution is 2.27. The Kier molecular flexibility index (Phi) is 5.39. The van der Waals surface area contributed by atoms with Gasteiger partial charge in [0.25, 0.3) is 5.56 Å². The van der Waals surface area contributed by atoms with Crippen LogP contribution in [-0.2, 0) is 11.3 Å². The highest BCUT2D eigenvalue weighted by Gasteiger charge is 2.32. The van der Waals surface area contributed by atoms with Crippen LogP contribution in [0.15, 0.2) is 10.9 Å². The van der Waals surface area contributed by atoms with Crippen molar-refractivity contribution in [3.05, 3.63) is 33.2 Å². The fraction of sp³-hybridized carbons (Fsp3) is 0.684. The average Bonchev–Trinajstić information content (AvgIpc) is 3.04. The molecule has 1 saturated carbocycles. The van der Waals surface area contributed by atoms with Gasteiger partial charge in [-0.1, -0.05) is 19.3 Å². The Morgan fingerprint density at radius 3 is 2.71 bits per heavy atom. The Morgan fingerprint density at radius 1 is 1.25 bits per heavy atom. The third-order valence-corrected chi connectivity index (χ3v) is 5.61. The predicted molar refractivity (Wildman–Crippen MR) is 94.9 cm³/mol. The first-order valence-corrected chi connectivity index (χ1v) is 9.26. The zero-order valence-electron chi connectivity index (χ0n) is 14.9. The maximum Gasteiger partial charge on any atom is 0.253 e. The molecule has 1 saturated heterocycles. The van der Waals surface area contributed by atoms with Crippen LogP contribution in [0.5, 0.6) is 0 Å². The second-order valence-corrected chi connectivity index (χ2v) is 7.43. The van der Waals surface area contributed by atoms with Crippen LogP contribution in [-0.4, -0.2) is 34.9 Å². The number of hydrogen-bond acceptors (Lipinski definition) is 3. The molecule has 24 heavy (non-hydrogen) atoms. The molecular formula is C19H29N3O2. The molecule has 0 radical (unpaired) electrons. The number of pyridine rings is 1. The molecule has 0 bridgehead atoms. The van der Waals surface area contributed by atoms with Crippen LogP contribution in [0.4, 0.5) is 0 Å². The van der Waals surface area contributed by atoms with Gasteiger partial charge in [0.15, 0.2) is 0 Å². The summed E-state index contributed by atoms with van der Waals surface area (Å²) in [7, 11) is 0. The standard InChI is InChI=1S/C19H29N3O2/c1-13-10-14(2)21-19(24)17(13)11-20-18(23)15-8-9-22(12-15)16-6-4-3-5-7-16/h10,15-16H,3-9,11-12H2,1-2H3,(H,20,23)(H,21,24)/t15-/m1/s1. The van der Waals surface area contributed by atoms with Crippen molar-refractivity contribution in [2.45, 2.75) is 65.0 Å². The van der Waals surface area contributed by atoms with Crippen LogP contribution >= 0.6 is 0 Å². The van der Waals surface area contributed by atoms with Crippen molar-refractivity contribution in [2.24, 2.45) is 5.92 Å². The van der Waals surface area contributed by atoms with Crippen LogP contribution in [0.2, 0.25) is 0 Å². The Bertz CT molecular complexity index is 647. The van der Waals surface area contributed by atoms with E-state index in [9.17, 15) is 9.59 Å². The molecule has 2 fully saturated rings. The number of amides is 1. The molecule has 1 atom stereocenters. The molecule has 2 heterocycles. The predicted octanol–water partition coefficient (Wildman–Crippen LogP) is 2.26. The molecule has 3 rings (SSSR count). The van der Waals surface area contributed by atoms with E-state index in [1.54, 1.807) is 0 Å². The second-order valence-electron chi connectivity index (χ2n) is 7.43. The van der Waals surface area contributed by atoms with E-state index in [1.807, 2.05) is 19.9 Å². The van der Waals surface area contributed by atoms with Crippen LogP contribution in [0.3, 0.4) is 0 Å². The summed E-state index contributed by atoms with van der Waals surface area (Å²) in [5.41, 5.74) is 2.36. The molecule has 5 heteroatoms. The van der Waals surface area contributed by atoms with Crippen molar-refractivity contribution in [3.63, 3.8) is 0 Å². The number of carbonyl (C=O) groups excluding carboxylic acids is 1. The molecule has 0 spiro atoms.